The van der Waals surface area contributed by atoms with Crippen LogP contribution in [0.5, 0.6) is 0 Å². The van der Waals surface area contributed by atoms with E-state index in [4.69, 9.17) is 0 Å². The van der Waals surface area contributed by atoms with Crippen LogP contribution in [-0.2, 0) is 6.54 Å². The van der Waals surface area contributed by atoms with Crippen molar-refractivity contribution in [1.29, 1.82) is 0 Å². The molecule has 0 N–H and O–H groups in total. The Bertz CT molecular complexity index is 1520. The molecule has 0 aliphatic carbocycles. The molecule has 136 valence electrons. The lowest BCUT2D eigenvalue weighted by molar-refractivity contribution is -0.662. The van der Waals surface area contributed by atoms with Crippen LogP contribution in [0.3, 0.4) is 0 Å². The fourth-order valence-electron chi connectivity index (χ4n) is 4.55. The molecular weight excluding hydrogens is 350 g/mol. The second-order valence-corrected chi connectivity index (χ2v) is 7.69. The van der Waals surface area contributed by atoms with Gasteiger partial charge in [0.15, 0.2) is 12.7 Å². The van der Waals surface area contributed by atoms with Crippen LogP contribution < -0.4 is 4.57 Å². The predicted octanol–water partition coefficient (Wildman–Crippen LogP) is 6.64. The zero-order valence-electron chi connectivity index (χ0n) is 16.0. The zero-order chi connectivity index (χ0) is 19.2. The summed E-state index contributed by atoms with van der Waals surface area (Å²) in [5, 5.41) is 9.12. The van der Waals surface area contributed by atoms with Crippen molar-refractivity contribution < 1.29 is 4.57 Å². The number of benzene rings is 5. The summed E-state index contributed by atoms with van der Waals surface area (Å²) in [6.45, 7) is 0.845. The molecule has 0 fully saturated rings. The third kappa shape index (κ3) is 2.67. The van der Waals surface area contributed by atoms with Crippen LogP contribution in [0, 0.1) is 0 Å². The molecule has 1 heteroatoms. The predicted molar refractivity (Wildman–Crippen MR) is 122 cm³/mol. The van der Waals surface area contributed by atoms with E-state index >= 15 is 0 Å². The van der Waals surface area contributed by atoms with Gasteiger partial charge in [0.05, 0.1) is 0 Å². The van der Waals surface area contributed by atoms with Gasteiger partial charge in [-0.25, -0.2) is 0 Å². The number of hydrogen-bond donors (Lipinski definition) is 0. The standard InChI is InChI=1S/C28H20N/c1-2-10-22-18-26-24(16-21(22)9-1)17-23-11-3-5-13-25(23)27(26)19-29-15-7-12-20-8-4-6-14-28(20)29/h1-18H,19H2/q+1. The Kier molecular flexibility index (Phi) is 3.60. The molecule has 0 unspecified atom stereocenters. The average molecular weight is 370 g/mol. The summed E-state index contributed by atoms with van der Waals surface area (Å²) >= 11 is 0. The Labute approximate surface area is 169 Å². The fourth-order valence-corrected chi connectivity index (χ4v) is 4.55. The zero-order valence-corrected chi connectivity index (χ0v) is 16.0. The molecule has 1 nitrogen and oxygen atoms in total. The van der Waals surface area contributed by atoms with Gasteiger partial charge in [-0.1, -0.05) is 60.7 Å². The number of rotatable bonds is 2. The maximum absolute atomic E-state index is 2.37. The Morgan fingerprint density at radius 1 is 0.483 bits per heavy atom. The molecule has 0 saturated heterocycles. The number of para-hydroxylation sites is 1. The molecule has 5 aromatic carbocycles. The van der Waals surface area contributed by atoms with Gasteiger partial charge in [-0.2, -0.15) is 4.57 Å². The molecule has 0 saturated carbocycles. The maximum Gasteiger partial charge on any atom is 0.212 e. The van der Waals surface area contributed by atoms with Gasteiger partial charge in [-0.3, -0.25) is 0 Å². The van der Waals surface area contributed by atoms with Crippen LogP contribution in [0.4, 0.5) is 0 Å². The first-order valence-corrected chi connectivity index (χ1v) is 10.1. The second-order valence-electron chi connectivity index (χ2n) is 7.69. The van der Waals surface area contributed by atoms with E-state index in [-0.39, 0.29) is 0 Å². The minimum Gasteiger partial charge on any atom is -0.194 e. The molecule has 0 radical (unpaired) electrons. The molecule has 6 rings (SSSR count). The van der Waals surface area contributed by atoms with Crippen molar-refractivity contribution in [2.45, 2.75) is 6.54 Å². The minimum absolute atomic E-state index is 0.845. The van der Waals surface area contributed by atoms with E-state index in [2.05, 4.69) is 114 Å². The van der Waals surface area contributed by atoms with Crippen LogP contribution in [0.2, 0.25) is 0 Å². The normalized spacial score (nSPS) is 11.6. The van der Waals surface area contributed by atoms with Crippen LogP contribution in [0.25, 0.3) is 43.2 Å². The Hall–Kier alpha value is -3.71. The highest BCUT2D eigenvalue weighted by atomic mass is 14.9. The quantitative estimate of drug-likeness (QED) is 0.238. The molecule has 6 aromatic rings. The average Bonchev–Trinajstić information content (AvgIpc) is 2.78. The van der Waals surface area contributed by atoms with Crippen molar-refractivity contribution in [2.24, 2.45) is 0 Å². The SMILES string of the molecule is c1ccc2cc3c(C[n+]4cccc5ccccc54)c4ccccc4cc3cc2c1. The summed E-state index contributed by atoms with van der Waals surface area (Å²) < 4.78 is 2.37. The van der Waals surface area contributed by atoms with E-state index in [9.17, 15) is 0 Å². The molecule has 0 bridgehead atoms. The van der Waals surface area contributed by atoms with Crippen LogP contribution >= 0.6 is 0 Å². The molecule has 0 spiro atoms. The summed E-state index contributed by atoms with van der Waals surface area (Å²) in [5.41, 5.74) is 2.64. The van der Waals surface area contributed by atoms with Gasteiger partial charge in [0.1, 0.15) is 0 Å². The topological polar surface area (TPSA) is 3.88 Å². The lowest BCUT2D eigenvalue weighted by Gasteiger charge is -2.12. The van der Waals surface area contributed by atoms with Crippen molar-refractivity contribution in [2.75, 3.05) is 0 Å². The molecule has 1 heterocycles. The van der Waals surface area contributed by atoms with E-state index in [1.54, 1.807) is 0 Å². The summed E-state index contributed by atoms with van der Waals surface area (Å²) in [6.07, 6.45) is 2.19. The third-order valence-corrected chi connectivity index (χ3v) is 5.96. The highest BCUT2D eigenvalue weighted by Gasteiger charge is 2.15. The second kappa shape index (κ2) is 6.42. The van der Waals surface area contributed by atoms with Crippen LogP contribution in [0.1, 0.15) is 5.56 Å². The fraction of sp³-hybridized carbons (Fsp3) is 0.0357. The van der Waals surface area contributed by atoms with E-state index < -0.39 is 0 Å². The molecule has 0 amide bonds. The Morgan fingerprint density at radius 3 is 1.97 bits per heavy atom. The third-order valence-electron chi connectivity index (χ3n) is 5.96. The summed E-state index contributed by atoms with van der Waals surface area (Å²) in [6, 6.07) is 37.3. The minimum atomic E-state index is 0.845. The number of aromatic nitrogens is 1. The molecule has 0 aliphatic heterocycles. The van der Waals surface area contributed by atoms with Crippen LogP contribution in [-0.4, -0.2) is 0 Å². The van der Waals surface area contributed by atoms with Gasteiger partial charge in [-0.15, -0.1) is 0 Å². The largest absolute Gasteiger partial charge is 0.212 e. The van der Waals surface area contributed by atoms with Gasteiger partial charge < -0.3 is 0 Å². The lowest BCUT2D eigenvalue weighted by atomic mass is 9.94. The first-order valence-electron chi connectivity index (χ1n) is 10.1. The van der Waals surface area contributed by atoms with Crippen molar-refractivity contribution >= 4 is 43.2 Å². The molecular formula is C28H20N+. The Balaban J connectivity index is 1.69. The molecule has 0 aliphatic rings. The Morgan fingerprint density at radius 2 is 1.10 bits per heavy atom. The van der Waals surface area contributed by atoms with Crippen molar-refractivity contribution in [3.63, 3.8) is 0 Å². The van der Waals surface area contributed by atoms with Crippen molar-refractivity contribution in [3.05, 3.63) is 115 Å². The number of fused-ring (bicyclic) bond motifs is 4. The van der Waals surface area contributed by atoms with E-state index in [1.807, 2.05) is 0 Å². The summed E-state index contributed by atoms with van der Waals surface area (Å²) in [5.74, 6) is 0. The maximum atomic E-state index is 2.37. The highest BCUT2D eigenvalue weighted by Crippen LogP contribution is 2.32. The van der Waals surface area contributed by atoms with Gasteiger partial charge in [-0.05, 0) is 62.6 Å². The highest BCUT2D eigenvalue weighted by molar-refractivity contribution is 6.07. The van der Waals surface area contributed by atoms with Gasteiger partial charge in [0, 0.05) is 23.1 Å². The smallest absolute Gasteiger partial charge is 0.194 e. The van der Waals surface area contributed by atoms with Gasteiger partial charge >= 0.3 is 0 Å². The van der Waals surface area contributed by atoms with Crippen LogP contribution in [0.15, 0.2) is 109 Å². The number of pyridine rings is 1. The van der Waals surface area contributed by atoms with Crippen molar-refractivity contribution in [1.82, 2.24) is 0 Å². The number of nitrogens with zero attached hydrogens (tertiary/aromatic N) is 1. The monoisotopic (exact) mass is 370 g/mol. The van der Waals surface area contributed by atoms with E-state index in [0.717, 1.165) is 6.54 Å². The lowest BCUT2D eigenvalue weighted by Crippen LogP contribution is -2.34. The number of hydrogen-bond acceptors (Lipinski definition) is 0. The first kappa shape index (κ1) is 16.3. The summed E-state index contributed by atoms with van der Waals surface area (Å²) in [4.78, 5) is 0. The van der Waals surface area contributed by atoms with Crippen molar-refractivity contribution in [3.8, 4) is 0 Å². The summed E-state index contributed by atoms with van der Waals surface area (Å²) in [7, 11) is 0. The first-order chi connectivity index (χ1) is 14.4. The molecule has 29 heavy (non-hydrogen) atoms. The molecule has 1 aromatic heterocycles. The molecule has 0 atom stereocenters. The van der Waals surface area contributed by atoms with E-state index in [0.29, 0.717) is 0 Å². The van der Waals surface area contributed by atoms with Gasteiger partial charge in [0.25, 0.3) is 0 Å². The van der Waals surface area contributed by atoms with Gasteiger partial charge in [0.2, 0.25) is 5.52 Å². The van der Waals surface area contributed by atoms with E-state index in [1.165, 1.54) is 48.8 Å².